The van der Waals surface area contributed by atoms with Crippen LogP contribution in [0.15, 0.2) is 10.2 Å². The highest BCUT2D eigenvalue weighted by atomic mass is 31.3. The highest BCUT2D eigenvalue weighted by Gasteiger charge is 2.44. The normalized spacial score (nSPS) is 27.4. The van der Waals surface area contributed by atoms with E-state index in [1.807, 2.05) is 0 Å². The number of hydrogen-bond donors (Lipinski definition) is 4. The highest BCUT2D eigenvalue weighted by Crippen LogP contribution is 2.66. The molecule has 1 aliphatic rings. The Balaban J connectivity index is 2.90. The first-order valence-corrected chi connectivity index (χ1v) is 11.8. The zero-order chi connectivity index (χ0) is 23.2. The van der Waals surface area contributed by atoms with Gasteiger partial charge in [-0.1, -0.05) is 0 Å². The fourth-order valence-electron chi connectivity index (χ4n) is 2.13. The van der Waals surface area contributed by atoms with Crippen molar-refractivity contribution >= 4 is 31.3 Å². The highest BCUT2D eigenvalue weighted by molar-refractivity contribution is 7.66. The minimum Gasteiger partial charge on any atom is -0.379 e. The molecule has 0 aromatic carbocycles. The van der Waals surface area contributed by atoms with Crippen LogP contribution in [0.5, 0.6) is 0 Å². The number of nitrogens with zero attached hydrogens (tertiary/aromatic N) is 7. The molecule has 0 saturated carbocycles. The zero-order valence-electron chi connectivity index (χ0n) is 14.7. The monoisotopic (exact) mass is 491 g/mol. The summed E-state index contributed by atoms with van der Waals surface area (Å²) in [5.74, 6) is -2.64. The molecule has 1 fully saturated rings. The molecule has 1 rings (SSSR count). The lowest BCUT2D eigenvalue weighted by molar-refractivity contribution is -0.0916. The molecule has 0 aliphatic carbocycles. The molecule has 3 unspecified atom stereocenters. The first-order chi connectivity index (χ1) is 13.7. The molecule has 0 aromatic heterocycles. The largest absolute Gasteiger partial charge is 0.490 e. The number of hydrogen-bond acceptors (Lipinski definition) is 11. The third kappa shape index (κ3) is 8.70. The molecule has 1 aliphatic heterocycles. The molecule has 23 heteroatoms. The van der Waals surface area contributed by atoms with Crippen LogP contribution in [0, 0.1) is 11.3 Å². The molecule has 5 atom stereocenters. The Labute approximate surface area is 167 Å². The van der Waals surface area contributed by atoms with Gasteiger partial charge >= 0.3 is 29.3 Å². The van der Waals surface area contributed by atoms with Gasteiger partial charge in [0.15, 0.2) is 0 Å². The van der Waals surface area contributed by atoms with E-state index < -0.39 is 54.1 Å². The molecule has 0 radical (unpaired) electrons. The predicted molar refractivity (Wildman–Crippen MR) is 93.1 cm³/mol. The van der Waals surface area contributed by atoms with E-state index >= 15 is 0 Å². The molecule has 4 N–H and O–H groups in total. The van der Waals surface area contributed by atoms with Crippen LogP contribution in [-0.2, 0) is 36.3 Å². The number of phosphoric acid groups is 3. The Kier molecular flexibility index (Phi) is 9.03. The number of nitriles is 1. The van der Waals surface area contributed by atoms with Crippen molar-refractivity contribution in [2.45, 2.75) is 30.5 Å². The van der Waals surface area contributed by atoms with Gasteiger partial charge in [-0.25, -0.2) is 13.7 Å². The average Bonchev–Trinajstić information content (AvgIpc) is 2.89. The van der Waals surface area contributed by atoms with Crippen LogP contribution in [-0.4, -0.2) is 58.1 Å². The molecule has 1 heterocycles. The second kappa shape index (κ2) is 10.2. The summed E-state index contributed by atoms with van der Waals surface area (Å²) in [6.45, 7) is -0.882. The van der Waals surface area contributed by atoms with Crippen LogP contribution in [0.1, 0.15) is 6.42 Å². The second-order valence-corrected chi connectivity index (χ2v) is 9.78. The lowest BCUT2D eigenvalue weighted by Gasteiger charge is -2.25. The SMILES string of the molecule is B[C@H]1C[C@@H](OC(C#N)(N=[N+]=[N-])N=[N+]=[N-])C(COP(=O)(O)OP(=O)(O)OP(=O)(O)O)O1. The Hall–Kier alpha value is -1.50. The van der Waals surface area contributed by atoms with E-state index in [9.17, 15) is 18.6 Å². The van der Waals surface area contributed by atoms with Crippen molar-refractivity contribution in [1.29, 1.82) is 5.26 Å². The van der Waals surface area contributed by atoms with Gasteiger partial charge < -0.3 is 29.0 Å². The van der Waals surface area contributed by atoms with Gasteiger partial charge in [0, 0.05) is 15.8 Å². The third-order valence-corrected chi connectivity index (χ3v) is 6.83. The number of phosphoric ester groups is 1. The lowest BCUT2D eigenvalue weighted by atomic mass is 9.96. The van der Waals surface area contributed by atoms with E-state index in [1.54, 1.807) is 0 Å². The standard InChI is InChI=1S/C7H13BN7O12P3/c8-6-1-4(25-7(3-9,12-14-10)13-15-11)5(24-6)2-23-29(19,20)27-30(21,22)26-28(16,17)18/h4-6H,1-2,8H2,(H,19,20)(H,21,22)(H2,16,17,18)/t4-,5?,6-/m1/s1. The number of azide groups is 1. The molecular weight excluding hydrogens is 478 g/mol. The van der Waals surface area contributed by atoms with Crippen molar-refractivity contribution in [2.75, 3.05) is 6.61 Å². The van der Waals surface area contributed by atoms with Crippen molar-refractivity contribution in [3.63, 3.8) is 0 Å². The zero-order valence-corrected chi connectivity index (χ0v) is 17.4. The smallest absolute Gasteiger partial charge is 0.379 e. The van der Waals surface area contributed by atoms with Crippen LogP contribution in [0.4, 0.5) is 0 Å². The summed E-state index contributed by atoms with van der Waals surface area (Å²) in [5.41, 5.74) is 17.1. The average molecular weight is 491 g/mol. The molecule has 30 heavy (non-hydrogen) atoms. The van der Waals surface area contributed by atoms with Gasteiger partial charge in [-0.3, -0.25) is 4.52 Å². The van der Waals surface area contributed by atoms with Crippen LogP contribution < -0.4 is 0 Å². The van der Waals surface area contributed by atoms with Crippen molar-refractivity contribution in [3.05, 3.63) is 20.9 Å². The summed E-state index contributed by atoms with van der Waals surface area (Å²) in [6.07, 6.45) is -2.45. The van der Waals surface area contributed by atoms with Crippen molar-refractivity contribution in [1.82, 2.24) is 0 Å². The van der Waals surface area contributed by atoms with Gasteiger partial charge in [0.25, 0.3) is 0 Å². The van der Waals surface area contributed by atoms with E-state index in [1.165, 1.54) is 13.9 Å². The molecule has 0 spiro atoms. The maximum absolute atomic E-state index is 11.8. The predicted octanol–water partition coefficient (Wildman–Crippen LogP) is 0.261. The van der Waals surface area contributed by atoms with Crippen molar-refractivity contribution in [3.8, 4) is 6.07 Å². The van der Waals surface area contributed by atoms with Crippen molar-refractivity contribution < 1.29 is 55.9 Å². The van der Waals surface area contributed by atoms with Crippen LogP contribution >= 0.6 is 23.5 Å². The van der Waals surface area contributed by atoms with Gasteiger partial charge in [0.1, 0.15) is 20.0 Å². The van der Waals surface area contributed by atoms with Gasteiger partial charge in [-0.2, -0.15) is 13.9 Å². The number of ether oxygens (including phenoxy) is 2. The van der Waals surface area contributed by atoms with Gasteiger partial charge in [0.05, 0.1) is 12.7 Å². The Morgan fingerprint density at radius 1 is 1.17 bits per heavy atom. The quantitative estimate of drug-likeness (QED) is 0.0992. The van der Waals surface area contributed by atoms with Crippen molar-refractivity contribution in [2.24, 2.45) is 10.2 Å². The molecular formula is C7H13BN7O12P3. The van der Waals surface area contributed by atoms with Gasteiger partial charge in [-0.15, -0.1) is 0 Å². The van der Waals surface area contributed by atoms with Gasteiger partial charge in [-0.05, 0) is 27.7 Å². The maximum atomic E-state index is 11.8. The topological polar surface area (TPSA) is 300 Å². The first kappa shape index (κ1) is 26.5. The first-order valence-electron chi connectivity index (χ1n) is 7.32. The Bertz CT molecular complexity index is 906. The Morgan fingerprint density at radius 3 is 2.20 bits per heavy atom. The van der Waals surface area contributed by atoms with Crippen LogP contribution in [0.3, 0.4) is 0 Å². The minimum atomic E-state index is -5.71. The van der Waals surface area contributed by atoms with E-state index in [0.717, 1.165) is 0 Å². The summed E-state index contributed by atoms with van der Waals surface area (Å²) >= 11 is 0. The molecule has 0 aromatic rings. The summed E-state index contributed by atoms with van der Waals surface area (Å²) in [7, 11) is -15.2. The number of rotatable bonds is 11. The fraction of sp³-hybridized carbons (Fsp3) is 0.857. The van der Waals surface area contributed by atoms with Gasteiger partial charge in [0.2, 0.25) is 0 Å². The molecule has 0 amide bonds. The van der Waals surface area contributed by atoms with Crippen LogP contribution in [0.25, 0.3) is 20.9 Å². The fourth-order valence-corrected chi connectivity index (χ4v) is 5.16. The summed E-state index contributed by atoms with van der Waals surface area (Å²) < 4.78 is 55.7. The van der Waals surface area contributed by atoms with E-state index in [0.29, 0.717) is 0 Å². The summed E-state index contributed by atoms with van der Waals surface area (Å²) in [6, 6.07) is 0.771. The lowest BCUT2D eigenvalue weighted by Crippen LogP contribution is -2.37. The second-order valence-electron chi connectivity index (χ2n) is 5.36. The summed E-state index contributed by atoms with van der Waals surface area (Å²) in [5, 5.41) is 15.1. The molecule has 19 nitrogen and oxygen atoms in total. The van der Waals surface area contributed by atoms with E-state index in [-0.39, 0.29) is 6.42 Å². The maximum Gasteiger partial charge on any atom is 0.490 e. The van der Waals surface area contributed by atoms with E-state index in [4.69, 9.17) is 40.5 Å². The summed E-state index contributed by atoms with van der Waals surface area (Å²) in [4.78, 5) is 40.2. The van der Waals surface area contributed by atoms with Crippen LogP contribution in [0.2, 0.25) is 0 Å². The Morgan fingerprint density at radius 2 is 1.73 bits per heavy atom. The third-order valence-electron chi connectivity index (χ3n) is 3.03. The molecule has 166 valence electrons. The molecule has 1 saturated heterocycles. The molecule has 0 bridgehead atoms. The minimum absolute atomic E-state index is 0.00967. The van der Waals surface area contributed by atoms with E-state index in [2.05, 4.69) is 33.2 Å².